The van der Waals surface area contributed by atoms with Crippen molar-refractivity contribution in [2.45, 2.75) is 26.8 Å². The van der Waals surface area contributed by atoms with Crippen LogP contribution in [-0.4, -0.2) is 25.2 Å². The van der Waals surface area contributed by atoms with Gasteiger partial charge in [-0.05, 0) is 5.41 Å². The first-order chi connectivity index (χ1) is 5.79. The van der Waals surface area contributed by atoms with E-state index in [2.05, 4.69) is 10.1 Å². The van der Waals surface area contributed by atoms with Crippen LogP contribution in [0.25, 0.3) is 0 Å². The SMILES string of the molecule is COC(=O)N[C@H](C(=O)[O-])C(C)(C)C. The molecule has 5 nitrogen and oxygen atoms in total. The Balaban J connectivity index is 4.46. The third-order valence-corrected chi connectivity index (χ3v) is 1.55. The van der Waals surface area contributed by atoms with E-state index in [9.17, 15) is 14.7 Å². The molecule has 0 fully saturated rings. The smallest absolute Gasteiger partial charge is 0.407 e. The van der Waals surface area contributed by atoms with Gasteiger partial charge in [0.1, 0.15) is 0 Å². The van der Waals surface area contributed by atoms with E-state index in [1.54, 1.807) is 20.8 Å². The molecule has 0 aromatic heterocycles. The van der Waals surface area contributed by atoms with Crippen LogP contribution in [-0.2, 0) is 9.53 Å². The van der Waals surface area contributed by atoms with E-state index in [0.717, 1.165) is 0 Å². The van der Waals surface area contributed by atoms with E-state index in [0.29, 0.717) is 0 Å². The number of ether oxygens (including phenoxy) is 1. The fourth-order valence-corrected chi connectivity index (χ4v) is 0.806. The van der Waals surface area contributed by atoms with Crippen molar-refractivity contribution in [3.8, 4) is 0 Å². The molecule has 0 spiro atoms. The van der Waals surface area contributed by atoms with Gasteiger partial charge in [-0.3, -0.25) is 0 Å². The Bertz CT molecular complexity index is 207. The van der Waals surface area contributed by atoms with Gasteiger partial charge >= 0.3 is 6.09 Å². The lowest BCUT2D eigenvalue weighted by molar-refractivity contribution is -0.310. The largest absolute Gasteiger partial charge is 0.548 e. The molecule has 76 valence electrons. The highest BCUT2D eigenvalue weighted by Gasteiger charge is 2.27. The molecule has 0 aromatic rings. The Morgan fingerprint density at radius 1 is 1.38 bits per heavy atom. The Labute approximate surface area is 77.1 Å². The van der Waals surface area contributed by atoms with E-state index in [1.165, 1.54) is 7.11 Å². The predicted molar refractivity (Wildman–Crippen MR) is 43.8 cm³/mol. The van der Waals surface area contributed by atoms with Crippen LogP contribution >= 0.6 is 0 Å². The molecule has 1 N–H and O–H groups in total. The number of amides is 1. The van der Waals surface area contributed by atoms with Gasteiger partial charge < -0.3 is 20.0 Å². The van der Waals surface area contributed by atoms with Crippen molar-refractivity contribution in [2.75, 3.05) is 7.11 Å². The number of hydrogen-bond donors (Lipinski definition) is 1. The van der Waals surface area contributed by atoms with Crippen molar-refractivity contribution in [3.63, 3.8) is 0 Å². The zero-order valence-electron chi connectivity index (χ0n) is 8.21. The summed E-state index contributed by atoms with van der Waals surface area (Å²) in [5, 5.41) is 12.8. The highest BCUT2D eigenvalue weighted by Crippen LogP contribution is 2.18. The Kier molecular flexibility index (Phi) is 3.71. The second-order valence-corrected chi connectivity index (χ2v) is 3.75. The average Bonchev–Trinajstić information content (AvgIpc) is 1.96. The number of methoxy groups -OCH3 is 1. The molecule has 0 unspecified atom stereocenters. The number of carboxylic acids is 1. The summed E-state index contributed by atoms with van der Waals surface area (Å²) in [4.78, 5) is 21.4. The van der Waals surface area contributed by atoms with Gasteiger partial charge in [0.25, 0.3) is 0 Å². The van der Waals surface area contributed by atoms with Gasteiger partial charge in [0.05, 0.1) is 19.1 Å². The summed E-state index contributed by atoms with van der Waals surface area (Å²) in [6.07, 6.45) is -0.774. The molecule has 1 atom stereocenters. The summed E-state index contributed by atoms with van der Waals surface area (Å²) in [6.45, 7) is 5.05. The number of carbonyl (C=O) groups excluding carboxylic acids is 2. The summed E-state index contributed by atoms with van der Waals surface area (Å²) in [7, 11) is 1.17. The first kappa shape index (κ1) is 11.7. The highest BCUT2D eigenvalue weighted by atomic mass is 16.5. The molecule has 0 radical (unpaired) electrons. The van der Waals surface area contributed by atoms with Crippen molar-refractivity contribution in [3.05, 3.63) is 0 Å². The van der Waals surface area contributed by atoms with E-state index < -0.39 is 23.5 Å². The van der Waals surface area contributed by atoms with E-state index in [4.69, 9.17) is 0 Å². The minimum atomic E-state index is -1.32. The monoisotopic (exact) mass is 188 g/mol. The summed E-state index contributed by atoms with van der Waals surface area (Å²) in [5.41, 5.74) is -0.604. The van der Waals surface area contributed by atoms with Gasteiger partial charge in [0.2, 0.25) is 0 Å². The minimum Gasteiger partial charge on any atom is -0.548 e. The van der Waals surface area contributed by atoms with E-state index in [1.807, 2.05) is 0 Å². The van der Waals surface area contributed by atoms with Crippen LogP contribution in [0.2, 0.25) is 0 Å². The van der Waals surface area contributed by atoms with Crippen LogP contribution < -0.4 is 10.4 Å². The third kappa shape index (κ3) is 3.78. The number of hydrogen-bond acceptors (Lipinski definition) is 4. The standard InChI is InChI=1S/C8H15NO4/c1-8(2,3)5(6(10)11)9-7(12)13-4/h5H,1-4H3,(H,9,12)(H,10,11)/p-1/t5-/m1/s1. The molecule has 0 aliphatic rings. The van der Waals surface area contributed by atoms with Crippen molar-refractivity contribution >= 4 is 12.1 Å². The number of carboxylic acid groups (broad SMARTS) is 1. The van der Waals surface area contributed by atoms with Crippen molar-refractivity contribution in [1.29, 1.82) is 0 Å². The molecule has 0 heterocycles. The van der Waals surface area contributed by atoms with Crippen molar-refractivity contribution in [1.82, 2.24) is 5.32 Å². The van der Waals surface area contributed by atoms with Gasteiger partial charge in [-0.15, -0.1) is 0 Å². The maximum Gasteiger partial charge on any atom is 0.407 e. The molecule has 0 aliphatic carbocycles. The molecule has 0 rings (SSSR count). The van der Waals surface area contributed by atoms with Crippen LogP contribution in [0.1, 0.15) is 20.8 Å². The lowest BCUT2D eigenvalue weighted by atomic mass is 9.87. The van der Waals surface area contributed by atoms with Gasteiger partial charge in [0.15, 0.2) is 0 Å². The molecule has 1 amide bonds. The number of alkyl carbamates (subject to hydrolysis) is 1. The van der Waals surface area contributed by atoms with E-state index in [-0.39, 0.29) is 0 Å². The van der Waals surface area contributed by atoms with Crippen molar-refractivity contribution < 1.29 is 19.4 Å². The first-order valence-electron chi connectivity index (χ1n) is 3.84. The van der Waals surface area contributed by atoms with Crippen LogP contribution in [0.5, 0.6) is 0 Å². The third-order valence-electron chi connectivity index (χ3n) is 1.55. The normalized spacial score (nSPS) is 13.2. The van der Waals surface area contributed by atoms with E-state index >= 15 is 0 Å². The van der Waals surface area contributed by atoms with Crippen LogP contribution in [0.15, 0.2) is 0 Å². The maximum absolute atomic E-state index is 10.7. The molecular weight excluding hydrogens is 174 g/mol. The van der Waals surface area contributed by atoms with Crippen LogP contribution in [0, 0.1) is 5.41 Å². The molecule has 0 saturated heterocycles. The van der Waals surface area contributed by atoms with Gasteiger partial charge in [-0.1, -0.05) is 20.8 Å². The number of nitrogens with one attached hydrogen (secondary N) is 1. The Morgan fingerprint density at radius 3 is 2.08 bits per heavy atom. The summed E-state index contributed by atoms with van der Waals surface area (Å²) < 4.78 is 4.28. The number of aliphatic carboxylic acids is 1. The Hall–Kier alpha value is -1.26. The lowest BCUT2D eigenvalue weighted by Crippen LogP contribution is -2.54. The average molecular weight is 188 g/mol. The molecule has 0 aliphatic heterocycles. The van der Waals surface area contributed by atoms with Gasteiger partial charge in [-0.2, -0.15) is 0 Å². The lowest BCUT2D eigenvalue weighted by Gasteiger charge is -2.31. The van der Waals surface area contributed by atoms with Gasteiger partial charge in [-0.25, -0.2) is 4.79 Å². The maximum atomic E-state index is 10.7. The van der Waals surface area contributed by atoms with Gasteiger partial charge in [0, 0.05) is 0 Å². The second-order valence-electron chi connectivity index (χ2n) is 3.75. The molecule has 0 bridgehead atoms. The fourth-order valence-electron chi connectivity index (χ4n) is 0.806. The summed E-state index contributed by atoms with van der Waals surface area (Å²) in [5.74, 6) is -1.32. The van der Waals surface area contributed by atoms with Crippen LogP contribution in [0.4, 0.5) is 4.79 Å². The number of carbonyl (C=O) groups is 2. The highest BCUT2D eigenvalue weighted by molar-refractivity contribution is 5.79. The zero-order chi connectivity index (χ0) is 10.6. The first-order valence-corrected chi connectivity index (χ1v) is 3.84. The topological polar surface area (TPSA) is 78.5 Å². The zero-order valence-corrected chi connectivity index (χ0v) is 8.21. The fraction of sp³-hybridized carbons (Fsp3) is 0.750. The second kappa shape index (κ2) is 4.11. The summed E-state index contributed by atoms with van der Waals surface area (Å²) in [6, 6.07) is -1.06. The van der Waals surface area contributed by atoms with Crippen LogP contribution in [0.3, 0.4) is 0 Å². The molecular formula is C8H14NO4-. The van der Waals surface area contributed by atoms with Crippen molar-refractivity contribution in [2.24, 2.45) is 5.41 Å². The number of rotatable bonds is 2. The minimum absolute atomic E-state index is 0.604. The summed E-state index contributed by atoms with van der Waals surface area (Å²) >= 11 is 0. The molecule has 13 heavy (non-hydrogen) atoms. The predicted octanol–water partition coefficient (Wildman–Crippen LogP) is -0.493. The molecule has 0 aromatic carbocycles. The molecule has 5 heteroatoms. The Morgan fingerprint density at radius 2 is 1.85 bits per heavy atom. The quantitative estimate of drug-likeness (QED) is 0.634. The molecule has 0 saturated carbocycles.